The van der Waals surface area contributed by atoms with Crippen LogP contribution in [0.4, 0.5) is 4.39 Å². The zero-order valence-corrected chi connectivity index (χ0v) is 14.1. The number of aliphatic hydroxyl groups is 1. The Bertz CT molecular complexity index is 898. The van der Waals surface area contributed by atoms with E-state index in [2.05, 4.69) is 21.8 Å². The Hall–Kier alpha value is -2.80. The maximum Gasteiger partial charge on any atom is 0.212 e. The van der Waals surface area contributed by atoms with Gasteiger partial charge in [0.05, 0.1) is 30.1 Å². The number of aromatic nitrogens is 3. The number of rotatable bonds is 6. The van der Waals surface area contributed by atoms with Crippen molar-refractivity contribution in [2.24, 2.45) is 4.99 Å². The van der Waals surface area contributed by atoms with Crippen molar-refractivity contribution in [2.45, 2.75) is 26.0 Å². The zero-order chi connectivity index (χ0) is 18.0. The lowest BCUT2D eigenvalue weighted by atomic mass is 10.0. The summed E-state index contributed by atoms with van der Waals surface area (Å²) in [6.45, 7) is 7.40. The van der Waals surface area contributed by atoms with E-state index in [1.54, 1.807) is 36.8 Å². The van der Waals surface area contributed by atoms with Crippen LogP contribution in [-0.4, -0.2) is 38.6 Å². The summed E-state index contributed by atoms with van der Waals surface area (Å²) < 4.78 is 20.6. The molecule has 3 heterocycles. The van der Waals surface area contributed by atoms with E-state index in [1.165, 1.54) is 12.3 Å². The van der Waals surface area contributed by atoms with Crippen LogP contribution in [0.5, 0.6) is 5.75 Å². The number of fused-ring (bicyclic) bond motifs is 1. The quantitative estimate of drug-likeness (QED) is 0.552. The first-order valence-electron chi connectivity index (χ1n) is 7.77. The van der Waals surface area contributed by atoms with E-state index in [-0.39, 0.29) is 6.61 Å². The van der Waals surface area contributed by atoms with E-state index >= 15 is 0 Å². The molecule has 0 bridgehead atoms. The number of hydrogen-bond acceptors (Lipinski definition) is 5. The van der Waals surface area contributed by atoms with Gasteiger partial charge >= 0.3 is 0 Å². The summed E-state index contributed by atoms with van der Waals surface area (Å²) in [6.07, 6.45) is 4.90. The lowest BCUT2D eigenvalue weighted by Gasteiger charge is -2.18. The number of halogens is 1. The summed E-state index contributed by atoms with van der Waals surface area (Å²) in [5.41, 5.74) is 2.27. The molecule has 0 aliphatic heterocycles. The molecule has 0 fully saturated rings. The van der Waals surface area contributed by atoms with Gasteiger partial charge in [-0.1, -0.05) is 0 Å². The minimum Gasteiger partial charge on any atom is -0.489 e. The third-order valence-electron chi connectivity index (χ3n) is 3.58. The lowest BCUT2D eigenvalue weighted by molar-refractivity contribution is 0.0283. The van der Waals surface area contributed by atoms with Crippen molar-refractivity contribution in [1.29, 1.82) is 0 Å². The molecule has 0 spiro atoms. The van der Waals surface area contributed by atoms with Crippen LogP contribution in [0.3, 0.4) is 0 Å². The molecule has 25 heavy (non-hydrogen) atoms. The van der Waals surface area contributed by atoms with E-state index < -0.39 is 11.5 Å². The van der Waals surface area contributed by atoms with Crippen molar-refractivity contribution in [3.63, 3.8) is 0 Å². The van der Waals surface area contributed by atoms with Crippen LogP contribution < -0.4 is 4.74 Å². The van der Waals surface area contributed by atoms with Crippen molar-refractivity contribution in [3.05, 3.63) is 48.3 Å². The molecular weight excluding hydrogens is 323 g/mol. The Morgan fingerprint density at radius 1 is 1.36 bits per heavy atom. The third kappa shape index (κ3) is 3.83. The topological polar surface area (TPSA) is 72.0 Å². The normalized spacial score (nSPS) is 11.7. The second-order valence-electron chi connectivity index (χ2n) is 6.40. The van der Waals surface area contributed by atoms with Crippen LogP contribution in [0.1, 0.15) is 19.4 Å². The van der Waals surface area contributed by atoms with Gasteiger partial charge in [-0.25, -0.2) is 9.50 Å². The second-order valence-corrected chi connectivity index (χ2v) is 6.40. The van der Waals surface area contributed by atoms with E-state index in [0.29, 0.717) is 12.3 Å². The molecule has 0 radical (unpaired) electrons. The van der Waals surface area contributed by atoms with Crippen LogP contribution >= 0.6 is 0 Å². The van der Waals surface area contributed by atoms with E-state index in [0.717, 1.165) is 22.2 Å². The molecule has 3 aromatic rings. The summed E-state index contributed by atoms with van der Waals surface area (Å²) in [5.74, 6) is -0.00847. The van der Waals surface area contributed by atoms with Gasteiger partial charge in [-0.2, -0.15) is 9.49 Å². The average molecular weight is 342 g/mol. The molecule has 0 aromatic carbocycles. The predicted octanol–water partition coefficient (Wildman–Crippen LogP) is 2.89. The highest BCUT2D eigenvalue weighted by Crippen LogP contribution is 2.31. The third-order valence-corrected chi connectivity index (χ3v) is 3.58. The first-order chi connectivity index (χ1) is 11.9. The van der Waals surface area contributed by atoms with Crippen LogP contribution in [0.2, 0.25) is 0 Å². The number of aliphatic imine (C=N–C) groups is 1. The maximum atomic E-state index is 13.2. The van der Waals surface area contributed by atoms with Gasteiger partial charge in [0.25, 0.3) is 0 Å². The molecule has 0 aliphatic carbocycles. The Morgan fingerprint density at radius 3 is 2.80 bits per heavy atom. The molecule has 0 unspecified atom stereocenters. The summed E-state index contributed by atoms with van der Waals surface area (Å²) in [7, 11) is 0. The summed E-state index contributed by atoms with van der Waals surface area (Å²) in [5, 5.41) is 14.2. The van der Waals surface area contributed by atoms with Crippen LogP contribution in [0, 0.1) is 5.95 Å². The van der Waals surface area contributed by atoms with Crippen molar-refractivity contribution < 1.29 is 14.2 Å². The second kappa shape index (κ2) is 6.60. The fourth-order valence-corrected chi connectivity index (χ4v) is 2.49. The predicted molar refractivity (Wildman–Crippen MR) is 93.4 cm³/mol. The Labute approximate surface area is 144 Å². The van der Waals surface area contributed by atoms with Crippen molar-refractivity contribution in [3.8, 4) is 16.9 Å². The number of ether oxygens (including phenoxy) is 1. The van der Waals surface area contributed by atoms with E-state index in [4.69, 9.17) is 4.74 Å². The fourth-order valence-electron chi connectivity index (χ4n) is 2.49. The smallest absolute Gasteiger partial charge is 0.212 e. The van der Waals surface area contributed by atoms with Crippen molar-refractivity contribution in [1.82, 2.24) is 14.6 Å². The summed E-state index contributed by atoms with van der Waals surface area (Å²) >= 11 is 0. The fraction of sp³-hybridized carbons (Fsp3) is 0.278. The molecule has 6 nitrogen and oxygen atoms in total. The molecule has 130 valence electrons. The Morgan fingerprint density at radius 2 is 2.16 bits per heavy atom. The van der Waals surface area contributed by atoms with Gasteiger partial charge in [0, 0.05) is 22.9 Å². The number of hydrogen-bond donors (Lipinski definition) is 1. The average Bonchev–Trinajstić information content (AvgIpc) is 2.96. The number of nitrogens with zero attached hydrogens (tertiary/aromatic N) is 4. The molecule has 0 amide bonds. The Balaban J connectivity index is 2.13. The molecule has 1 N–H and O–H groups in total. The molecule has 7 heteroatoms. The molecule has 0 saturated carbocycles. The van der Waals surface area contributed by atoms with Gasteiger partial charge in [0.2, 0.25) is 5.95 Å². The molecule has 0 atom stereocenters. The van der Waals surface area contributed by atoms with Gasteiger partial charge in [-0.3, -0.25) is 4.99 Å². The van der Waals surface area contributed by atoms with Crippen LogP contribution in [-0.2, 0) is 6.54 Å². The minimum atomic E-state index is -0.964. The monoisotopic (exact) mass is 342 g/mol. The highest BCUT2D eigenvalue weighted by Gasteiger charge is 2.17. The summed E-state index contributed by atoms with van der Waals surface area (Å²) in [6, 6.07) is 4.78. The summed E-state index contributed by atoms with van der Waals surface area (Å²) in [4.78, 5) is 7.65. The minimum absolute atomic E-state index is 0.127. The largest absolute Gasteiger partial charge is 0.489 e. The lowest BCUT2D eigenvalue weighted by Crippen LogP contribution is -2.27. The van der Waals surface area contributed by atoms with Crippen LogP contribution in [0.25, 0.3) is 16.6 Å². The molecule has 0 saturated heterocycles. The molecule has 3 rings (SSSR count). The standard InChI is InChI=1S/C18H19FN4O2/c1-18(2,24)11-25-14-6-15(12-4-5-16(19)21-8-12)17-13(7-20-3)9-22-23(17)10-14/h4-6,8-10,24H,3,7,11H2,1-2H3. The maximum absolute atomic E-state index is 13.2. The highest BCUT2D eigenvalue weighted by molar-refractivity contribution is 5.83. The molecule has 0 aliphatic rings. The highest BCUT2D eigenvalue weighted by atomic mass is 19.1. The van der Waals surface area contributed by atoms with Gasteiger partial charge in [0.15, 0.2) is 0 Å². The van der Waals surface area contributed by atoms with E-state index in [1.807, 2.05) is 6.07 Å². The number of pyridine rings is 2. The first kappa shape index (κ1) is 17.0. The van der Waals surface area contributed by atoms with Gasteiger partial charge in [-0.15, -0.1) is 0 Å². The van der Waals surface area contributed by atoms with Crippen molar-refractivity contribution >= 4 is 12.2 Å². The first-order valence-corrected chi connectivity index (χ1v) is 7.77. The van der Waals surface area contributed by atoms with Crippen molar-refractivity contribution in [2.75, 3.05) is 6.61 Å². The van der Waals surface area contributed by atoms with Crippen LogP contribution in [0.15, 0.2) is 41.8 Å². The Kier molecular flexibility index (Phi) is 4.50. The van der Waals surface area contributed by atoms with Gasteiger partial charge < -0.3 is 9.84 Å². The SMILES string of the molecule is C=NCc1cnn2cc(OCC(C)(C)O)cc(-c3ccc(F)nc3)c12. The van der Waals surface area contributed by atoms with E-state index in [9.17, 15) is 9.50 Å². The molecule has 3 aromatic heterocycles. The van der Waals surface area contributed by atoms with Gasteiger partial charge in [-0.05, 0) is 38.8 Å². The molecular formula is C18H19FN4O2. The zero-order valence-electron chi connectivity index (χ0n) is 14.1. The van der Waals surface area contributed by atoms with Gasteiger partial charge in [0.1, 0.15) is 12.4 Å².